The van der Waals surface area contributed by atoms with Crippen molar-refractivity contribution in [3.8, 4) is 5.75 Å². The summed E-state index contributed by atoms with van der Waals surface area (Å²) < 4.78 is 7.11. The molecule has 0 amide bonds. The first kappa shape index (κ1) is 15.1. The van der Waals surface area contributed by atoms with E-state index in [2.05, 4.69) is 35.0 Å². The number of rotatable bonds is 5. The predicted molar refractivity (Wildman–Crippen MR) is 87.0 cm³/mol. The van der Waals surface area contributed by atoms with Gasteiger partial charge in [-0.25, -0.2) is 0 Å². The Balaban J connectivity index is 2.18. The van der Waals surface area contributed by atoms with Gasteiger partial charge in [0, 0.05) is 10.5 Å². The van der Waals surface area contributed by atoms with Gasteiger partial charge in [0.1, 0.15) is 11.9 Å². The molecule has 0 saturated carbocycles. The van der Waals surface area contributed by atoms with Gasteiger partial charge in [0.25, 0.3) is 0 Å². The van der Waals surface area contributed by atoms with Crippen molar-refractivity contribution < 1.29 is 4.74 Å². The average molecular weight is 334 g/mol. The van der Waals surface area contributed by atoms with Gasteiger partial charge >= 0.3 is 0 Å². The van der Waals surface area contributed by atoms with E-state index < -0.39 is 0 Å². The molecule has 2 N–H and O–H groups in total. The van der Waals surface area contributed by atoms with Crippen LogP contribution in [0.3, 0.4) is 0 Å². The molecule has 2 nitrogen and oxygen atoms in total. The lowest BCUT2D eigenvalue weighted by molar-refractivity contribution is 0.180. The summed E-state index contributed by atoms with van der Waals surface area (Å²) in [7, 11) is 0. The summed E-state index contributed by atoms with van der Waals surface area (Å²) in [5.74, 6) is 0.854. The largest absolute Gasteiger partial charge is 0.484 e. The molecule has 2 aromatic rings. The smallest absolute Gasteiger partial charge is 0.138 e. The molecule has 0 aliphatic carbocycles. The van der Waals surface area contributed by atoms with Crippen molar-refractivity contribution in [3.05, 3.63) is 64.1 Å². The molecule has 106 valence electrons. The van der Waals surface area contributed by atoms with E-state index in [1.807, 2.05) is 43.3 Å². The van der Waals surface area contributed by atoms with Crippen molar-refractivity contribution in [1.29, 1.82) is 0 Å². The topological polar surface area (TPSA) is 35.2 Å². The second-order valence-corrected chi connectivity index (χ2v) is 5.86. The third-order valence-electron chi connectivity index (χ3n) is 3.27. The van der Waals surface area contributed by atoms with Gasteiger partial charge in [-0.2, -0.15) is 0 Å². The minimum Gasteiger partial charge on any atom is -0.484 e. The van der Waals surface area contributed by atoms with E-state index in [9.17, 15) is 0 Å². The molecule has 0 bridgehead atoms. The zero-order chi connectivity index (χ0) is 14.5. The van der Waals surface area contributed by atoms with Gasteiger partial charge in [-0.15, -0.1) is 0 Å². The lowest BCUT2D eigenvalue weighted by Gasteiger charge is -2.23. The first-order chi connectivity index (χ1) is 9.60. The lowest BCUT2D eigenvalue weighted by atomic mass is 10.0. The van der Waals surface area contributed by atoms with E-state index in [0.717, 1.165) is 22.2 Å². The van der Waals surface area contributed by atoms with Gasteiger partial charge in [0.05, 0.1) is 0 Å². The van der Waals surface area contributed by atoms with E-state index in [-0.39, 0.29) is 12.1 Å². The van der Waals surface area contributed by atoms with Crippen molar-refractivity contribution in [2.45, 2.75) is 32.4 Å². The maximum Gasteiger partial charge on any atom is 0.138 e. The molecule has 20 heavy (non-hydrogen) atoms. The minimum atomic E-state index is -0.143. The molecule has 3 heteroatoms. The minimum absolute atomic E-state index is 0.0815. The summed E-state index contributed by atoms with van der Waals surface area (Å²) in [6.07, 6.45) is 0.888. The van der Waals surface area contributed by atoms with Gasteiger partial charge in [0.15, 0.2) is 0 Å². The van der Waals surface area contributed by atoms with Crippen LogP contribution >= 0.6 is 15.9 Å². The SMILES string of the molecule is CCc1ccc(OC(c2ccc(Br)cc2)C(C)N)cc1. The summed E-state index contributed by atoms with van der Waals surface area (Å²) >= 11 is 3.44. The van der Waals surface area contributed by atoms with E-state index in [0.29, 0.717) is 0 Å². The average Bonchev–Trinajstić information content (AvgIpc) is 2.46. The Morgan fingerprint density at radius 3 is 2.15 bits per heavy atom. The van der Waals surface area contributed by atoms with Crippen LogP contribution in [-0.4, -0.2) is 6.04 Å². The molecule has 0 aromatic heterocycles. The Kier molecular flexibility index (Phi) is 5.21. The van der Waals surface area contributed by atoms with Crippen LogP contribution in [0.2, 0.25) is 0 Å². The number of benzene rings is 2. The van der Waals surface area contributed by atoms with Crippen LogP contribution in [0.15, 0.2) is 53.0 Å². The van der Waals surface area contributed by atoms with Gasteiger partial charge < -0.3 is 10.5 Å². The summed E-state index contributed by atoms with van der Waals surface area (Å²) in [5.41, 5.74) is 8.46. The number of nitrogens with two attached hydrogens (primary N) is 1. The van der Waals surface area contributed by atoms with Crippen LogP contribution < -0.4 is 10.5 Å². The Labute approximate surface area is 129 Å². The summed E-state index contributed by atoms with van der Waals surface area (Å²) in [4.78, 5) is 0. The highest BCUT2D eigenvalue weighted by atomic mass is 79.9. The predicted octanol–water partition coefficient (Wildman–Crippen LogP) is 4.48. The first-order valence-corrected chi connectivity index (χ1v) is 7.66. The van der Waals surface area contributed by atoms with Crippen LogP contribution in [0.25, 0.3) is 0 Å². The Hall–Kier alpha value is -1.32. The monoisotopic (exact) mass is 333 g/mol. The maximum absolute atomic E-state index is 6.07. The molecule has 0 saturated heterocycles. The van der Waals surface area contributed by atoms with Crippen LogP contribution in [0.5, 0.6) is 5.75 Å². The van der Waals surface area contributed by atoms with Crippen LogP contribution in [-0.2, 0) is 6.42 Å². The number of aryl methyl sites for hydroxylation is 1. The van der Waals surface area contributed by atoms with Gasteiger partial charge in [0.2, 0.25) is 0 Å². The zero-order valence-electron chi connectivity index (χ0n) is 11.8. The fourth-order valence-corrected chi connectivity index (χ4v) is 2.35. The van der Waals surface area contributed by atoms with Crippen LogP contribution in [0.1, 0.15) is 31.1 Å². The molecule has 2 unspecified atom stereocenters. The van der Waals surface area contributed by atoms with Gasteiger partial charge in [-0.3, -0.25) is 0 Å². The maximum atomic E-state index is 6.07. The van der Waals surface area contributed by atoms with Crippen molar-refractivity contribution >= 4 is 15.9 Å². The lowest BCUT2D eigenvalue weighted by Crippen LogP contribution is -2.29. The molecule has 0 aliphatic rings. The molecular weight excluding hydrogens is 314 g/mol. The van der Waals surface area contributed by atoms with E-state index in [1.54, 1.807) is 0 Å². The number of hydrogen-bond acceptors (Lipinski definition) is 2. The zero-order valence-corrected chi connectivity index (χ0v) is 13.4. The first-order valence-electron chi connectivity index (χ1n) is 6.86. The van der Waals surface area contributed by atoms with Crippen molar-refractivity contribution in [2.24, 2.45) is 5.73 Å². The third-order valence-corrected chi connectivity index (χ3v) is 3.80. The Bertz CT molecular complexity index is 534. The molecule has 0 heterocycles. The number of hydrogen-bond donors (Lipinski definition) is 1. The molecule has 0 radical (unpaired) electrons. The quantitative estimate of drug-likeness (QED) is 0.875. The second-order valence-electron chi connectivity index (χ2n) is 4.95. The molecule has 0 spiro atoms. The summed E-state index contributed by atoms with van der Waals surface area (Å²) in [6, 6.07) is 16.2. The van der Waals surface area contributed by atoms with E-state index in [1.165, 1.54) is 5.56 Å². The van der Waals surface area contributed by atoms with Crippen molar-refractivity contribution in [1.82, 2.24) is 0 Å². The molecule has 0 fully saturated rings. The van der Waals surface area contributed by atoms with E-state index >= 15 is 0 Å². The van der Waals surface area contributed by atoms with Crippen molar-refractivity contribution in [2.75, 3.05) is 0 Å². The van der Waals surface area contributed by atoms with Crippen LogP contribution in [0.4, 0.5) is 0 Å². The molecule has 0 aliphatic heterocycles. The highest BCUT2D eigenvalue weighted by Gasteiger charge is 2.18. The fraction of sp³-hybridized carbons (Fsp3) is 0.294. The van der Waals surface area contributed by atoms with E-state index in [4.69, 9.17) is 10.5 Å². The normalized spacial score (nSPS) is 13.8. The van der Waals surface area contributed by atoms with Gasteiger partial charge in [-0.05, 0) is 48.7 Å². The molecule has 2 rings (SSSR count). The standard InChI is InChI=1S/C17H20BrNO/c1-3-13-4-10-16(11-5-13)20-17(12(2)19)14-6-8-15(18)9-7-14/h4-12,17H,3,19H2,1-2H3. The molecular formula is C17H20BrNO. The summed E-state index contributed by atoms with van der Waals surface area (Å²) in [6.45, 7) is 4.11. The summed E-state index contributed by atoms with van der Waals surface area (Å²) in [5, 5.41) is 0. The highest BCUT2D eigenvalue weighted by Crippen LogP contribution is 2.25. The fourth-order valence-electron chi connectivity index (χ4n) is 2.08. The second kappa shape index (κ2) is 6.91. The Morgan fingerprint density at radius 2 is 1.65 bits per heavy atom. The molecule has 2 aromatic carbocycles. The molecule has 2 atom stereocenters. The number of halogens is 1. The van der Waals surface area contributed by atoms with Crippen LogP contribution in [0, 0.1) is 0 Å². The van der Waals surface area contributed by atoms with Gasteiger partial charge in [-0.1, -0.05) is 47.1 Å². The Morgan fingerprint density at radius 1 is 1.05 bits per heavy atom. The third kappa shape index (κ3) is 3.84. The number of ether oxygens (including phenoxy) is 1. The van der Waals surface area contributed by atoms with Crippen molar-refractivity contribution in [3.63, 3.8) is 0 Å². The highest BCUT2D eigenvalue weighted by molar-refractivity contribution is 9.10.